The number of anilines is 3. The number of benzene rings is 4. The van der Waals surface area contributed by atoms with E-state index in [1.165, 1.54) is 112 Å². The number of nitrogens with zero attached hydrogens (tertiary/aromatic N) is 4. The van der Waals surface area contributed by atoms with Gasteiger partial charge >= 0.3 is 5.97 Å². The van der Waals surface area contributed by atoms with Crippen molar-refractivity contribution in [3.63, 3.8) is 0 Å². The standard InChI is InChI=1S/C31H34N2O2Si.C23H28N2OSi.ClH/c1-21-18-22(31(34)35)8-11-25(21)30-26-12-9-23(32-14-4-5-15-32)19-28(26)36(2,3)29-20-24(10-13-27(29)30)33-16-6-7-17-33;1-27(2)21-15-17(24-11-3-4-12-24)7-9-19(21)23(26)20-10-8-18(16-22(20)27)25-13-5-6-14-25;/h8-13,18-20H,4-7,14-17H2,1-3H3;7-10,15-16H,3-6,11-14H2,1-2H3;1H. The molecule has 7 nitrogen and oxygen atoms in total. The molecular weight excluding hydrogens is 844 g/mol. The van der Waals surface area contributed by atoms with Crippen LogP contribution in [0, 0.1) is 6.92 Å². The summed E-state index contributed by atoms with van der Waals surface area (Å²) in [6, 6.07) is 25.9. The molecule has 0 unspecified atom stereocenters. The summed E-state index contributed by atoms with van der Waals surface area (Å²) in [5, 5.41) is 15.2. The lowest BCUT2D eigenvalue weighted by Gasteiger charge is -2.38. The number of ketones is 1. The Balaban J connectivity index is 0.000000166. The molecule has 6 aliphatic heterocycles. The maximum Gasteiger partial charge on any atom is 0.335 e. The van der Waals surface area contributed by atoms with Gasteiger partial charge in [0.1, 0.15) is 29.2 Å². The van der Waals surface area contributed by atoms with Crippen molar-refractivity contribution in [2.45, 2.75) is 84.5 Å². The molecule has 4 aromatic rings. The molecule has 0 atom stereocenters. The van der Waals surface area contributed by atoms with Crippen molar-refractivity contribution in [1.29, 1.82) is 0 Å². The minimum Gasteiger partial charge on any atom is -1.00 e. The van der Waals surface area contributed by atoms with Crippen LogP contribution >= 0.6 is 0 Å². The molecule has 7 aliphatic rings. The first-order chi connectivity index (χ1) is 30.4. The third kappa shape index (κ3) is 7.75. The lowest BCUT2D eigenvalue weighted by Crippen LogP contribution is -3.00. The van der Waals surface area contributed by atoms with Crippen molar-refractivity contribution in [3.05, 3.63) is 135 Å². The number of aromatic carboxylic acids is 1. The van der Waals surface area contributed by atoms with E-state index >= 15 is 0 Å². The third-order valence-electron chi connectivity index (χ3n) is 15.4. The predicted octanol–water partition coefficient (Wildman–Crippen LogP) is 5.57. The number of carbonyl (C=O) groups is 2. The number of carbonyl (C=O) groups excluding carboxylic acids is 1. The van der Waals surface area contributed by atoms with Crippen molar-refractivity contribution in [3.8, 4) is 0 Å². The number of hydrogen-bond donors (Lipinski definition) is 1. The van der Waals surface area contributed by atoms with Gasteiger partial charge in [-0.25, -0.2) is 9.37 Å². The van der Waals surface area contributed by atoms with Gasteiger partial charge in [-0.2, -0.15) is 0 Å². The molecule has 0 saturated carbocycles. The summed E-state index contributed by atoms with van der Waals surface area (Å²) in [6.07, 6.45) is 17.3. The zero-order chi connectivity index (χ0) is 43.6. The Kier molecular flexibility index (Phi) is 12.1. The molecule has 332 valence electrons. The van der Waals surface area contributed by atoms with Gasteiger partial charge in [-0.3, -0.25) is 4.79 Å². The van der Waals surface area contributed by atoms with Gasteiger partial charge < -0.3 is 32.2 Å². The van der Waals surface area contributed by atoms with Crippen LogP contribution in [0.1, 0.15) is 94.3 Å². The maximum absolute atomic E-state index is 13.3. The van der Waals surface area contributed by atoms with Gasteiger partial charge in [0, 0.05) is 92.5 Å². The van der Waals surface area contributed by atoms with Gasteiger partial charge in [-0.1, -0.05) is 38.3 Å². The van der Waals surface area contributed by atoms with Gasteiger partial charge in [-0.05, 0) is 161 Å². The van der Waals surface area contributed by atoms with Crippen molar-refractivity contribution in [1.82, 2.24) is 0 Å². The summed E-state index contributed by atoms with van der Waals surface area (Å²) >= 11 is 0. The monoisotopic (exact) mass is 906 g/mol. The highest BCUT2D eigenvalue weighted by atomic mass is 35.5. The lowest BCUT2D eigenvalue weighted by molar-refractivity contribution is -0.504. The van der Waals surface area contributed by atoms with E-state index in [1.54, 1.807) is 6.07 Å². The van der Waals surface area contributed by atoms with Crippen LogP contribution in [0.3, 0.4) is 0 Å². The van der Waals surface area contributed by atoms with Gasteiger partial charge in [0.05, 0.1) is 5.56 Å². The first kappa shape index (κ1) is 44.2. The number of fused-ring (bicyclic) bond motifs is 4. The molecule has 0 spiro atoms. The van der Waals surface area contributed by atoms with Crippen LogP contribution in [0.4, 0.5) is 17.1 Å². The third-order valence-corrected chi connectivity index (χ3v) is 22.4. The molecule has 1 aliphatic carbocycles. The molecular formula is C54H63ClN4O3Si2. The summed E-state index contributed by atoms with van der Waals surface area (Å²) in [7, 11) is -3.90. The highest BCUT2D eigenvalue weighted by Crippen LogP contribution is 2.43. The van der Waals surface area contributed by atoms with E-state index in [0.717, 1.165) is 74.6 Å². The topological polar surface area (TPSA) is 67.1 Å². The van der Waals surface area contributed by atoms with Crippen molar-refractivity contribution in [2.75, 3.05) is 67.1 Å². The summed E-state index contributed by atoms with van der Waals surface area (Å²) < 4.78 is 2.54. The Bertz CT molecular complexity index is 2600. The summed E-state index contributed by atoms with van der Waals surface area (Å²) in [4.78, 5) is 32.4. The maximum atomic E-state index is 13.3. The second kappa shape index (κ2) is 17.4. The fourth-order valence-corrected chi connectivity index (χ4v) is 17.8. The molecule has 4 aromatic carbocycles. The molecule has 0 bridgehead atoms. The molecule has 0 aromatic heterocycles. The second-order valence-corrected chi connectivity index (χ2v) is 28.6. The fourth-order valence-electron chi connectivity index (χ4n) is 11.7. The van der Waals surface area contributed by atoms with Crippen molar-refractivity contribution >= 4 is 71.8 Å². The molecule has 0 radical (unpaired) electrons. The van der Waals surface area contributed by atoms with Crippen molar-refractivity contribution in [2.24, 2.45) is 0 Å². The zero-order valence-corrected chi connectivity index (χ0v) is 41.2. The van der Waals surface area contributed by atoms with Crippen LogP contribution in [0.15, 0.2) is 102 Å². The van der Waals surface area contributed by atoms with E-state index in [9.17, 15) is 14.7 Å². The molecule has 6 heterocycles. The number of halogens is 1. The molecule has 11 rings (SSSR count). The van der Waals surface area contributed by atoms with Crippen molar-refractivity contribution < 1.29 is 31.7 Å². The number of carboxylic acid groups (broad SMARTS) is 1. The number of rotatable bonds is 5. The van der Waals surface area contributed by atoms with Gasteiger partial charge in [0.25, 0.3) is 0 Å². The normalized spacial score (nSPS) is 20.3. The summed E-state index contributed by atoms with van der Waals surface area (Å²) in [5.74, 6) is -0.661. The number of carboxylic acids is 1. The minimum atomic E-state index is -1.99. The largest absolute Gasteiger partial charge is 1.00 e. The average molecular weight is 908 g/mol. The highest BCUT2D eigenvalue weighted by Gasteiger charge is 2.42. The first-order valence-corrected chi connectivity index (χ1v) is 29.7. The molecule has 4 saturated heterocycles. The average Bonchev–Trinajstić information content (AvgIpc) is 4.15. The second-order valence-electron chi connectivity index (χ2n) is 20.0. The molecule has 4 fully saturated rings. The summed E-state index contributed by atoms with van der Waals surface area (Å²) in [5.41, 5.74) is 13.6. The van der Waals surface area contributed by atoms with E-state index < -0.39 is 22.1 Å². The quantitative estimate of drug-likeness (QED) is 0.209. The Morgan fingerprint density at radius 3 is 1.50 bits per heavy atom. The van der Waals surface area contributed by atoms with Crippen LogP contribution in [-0.4, -0.2) is 95.7 Å². The van der Waals surface area contributed by atoms with E-state index in [0.29, 0.717) is 5.56 Å². The summed E-state index contributed by atoms with van der Waals surface area (Å²) in [6.45, 7) is 21.0. The van der Waals surface area contributed by atoms with E-state index in [2.05, 4.69) is 118 Å². The Labute approximate surface area is 388 Å². The van der Waals surface area contributed by atoms with E-state index in [1.807, 2.05) is 19.1 Å². The highest BCUT2D eigenvalue weighted by molar-refractivity contribution is 7.02. The SMILES string of the molecule is C[Si]1(C)c2cc(N3CCCC3)ccc2C(=O)c2ccc(N3CCCC3)cc21.Cc1cc(C(=O)O)ccc1C1=C2C=CC(=[N+]3CCCC3)C=C2[Si](C)(C)c2cc(N3CCCC3)ccc21.[Cl-]. The van der Waals surface area contributed by atoms with E-state index in [-0.39, 0.29) is 18.2 Å². The van der Waals surface area contributed by atoms with Gasteiger partial charge in [-0.15, -0.1) is 0 Å². The first-order valence-electron chi connectivity index (χ1n) is 23.7. The zero-order valence-electron chi connectivity index (χ0n) is 38.4. The minimum absolute atomic E-state index is 0. The molecule has 0 amide bonds. The smallest absolute Gasteiger partial charge is 0.335 e. The van der Waals surface area contributed by atoms with Crippen LogP contribution in [-0.2, 0) is 0 Å². The number of allylic oxidation sites excluding steroid dienone is 5. The Morgan fingerprint density at radius 1 is 0.578 bits per heavy atom. The van der Waals surface area contributed by atoms with Gasteiger partial charge in [0.2, 0.25) is 0 Å². The van der Waals surface area contributed by atoms with Crippen LogP contribution in [0.2, 0.25) is 26.2 Å². The Morgan fingerprint density at radius 2 is 1.03 bits per heavy atom. The van der Waals surface area contributed by atoms with Crippen LogP contribution < -0.4 is 42.7 Å². The van der Waals surface area contributed by atoms with E-state index in [4.69, 9.17) is 0 Å². The fraction of sp³-hybridized carbons (Fsp3) is 0.389. The van der Waals surface area contributed by atoms with Crippen LogP contribution in [0.5, 0.6) is 0 Å². The van der Waals surface area contributed by atoms with Gasteiger partial charge in [0.15, 0.2) is 11.5 Å². The molecule has 64 heavy (non-hydrogen) atoms. The van der Waals surface area contributed by atoms with Crippen LogP contribution in [0.25, 0.3) is 5.57 Å². The number of aryl methyl sites for hydroxylation is 1. The molecule has 1 N–H and O–H groups in total. The molecule has 10 heteroatoms. The Hall–Kier alpha value is -4.97. The predicted molar refractivity (Wildman–Crippen MR) is 267 cm³/mol. The number of hydrogen-bond acceptors (Lipinski definition) is 5. The lowest BCUT2D eigenvalue weighted by atomic mass is 9.87.